The van der Waals surface area contributed by atoms with Crippen LogP contribution in [0, 0.1) is 0 Å². The first kappa shape index (κ1) is 17.0. The third-order valence-corrected chi connectivity index (χ3v) is 4.60. The molecule has 0 saturated heterocycles. The molecule has 114 valence electrons. The van der Waals surface area contributed by atoms with E-state index in [1.165, 1.54) is 7.05 Å². The van der Waals surface area contributed by atoms with Gasteiger partial charge in [-0.1, -0.05) is 33.6 Å². The van der Waals surface area contributed by atoms with E-state index >= 15 is 0 Å². The molecular weight excluding hydrogens is 274 g/mol. The molecule has 0 saturated carbocycles. The summed E-state index contributed by atoms with van der Waals surface area (Å²) in [5.74, 6) is 0.995. The van der Waals surface area contributed by atoms with Crippen LogP contribution in [-0.2, 0) is 10.0 Å². The summed E-state index contributed by atoms with van der Waals surface area (Å²) in [5.41, 5.74) is 0.929. The van der Waals surface area contributed by atoms with E-state index in [0.717, 1.165) is 30.6 Å². The molecule has 1 aromatic rings. The van der Waals surface area contributed by atoms with Gasteiger partial charge in [0.25, 0.3) is 0 Å². The third kappa shape index (κ3) is 4.49. The molecule has 1 aromatic carbocycles. The van der Waals surface area contributed by atoms with Crippen molar-refractivity contribution in [3.63, 3.8) is 0 Å². The fourth-order valence-electron chi connectivity index (χ4n) is 1.93. The summed E-state index contributed by atoms with van der Waals surface area (Å²) in [4.78, 5) is 0.282. The van der Waals surface area contributed by atoms with Crippen LogP contribution in [0.2, 0.25) is 0 Å². The number of hydrogen-bond donors (Lipinski definition) is 1. The van der Waals surface area contributed by atoms with Crippen LogP contribution in [0.4, 0.5) is 0 Å². The molecule has 0 heterocycles. The van der Waals surface area contributed by atoms with Crippen LogP contribution in [-0.4, -0.2) is 22.1 Å². The Balaban J connectivity index is 2.97. The average molecular weight is 299 g/mol. The Hall–Kier alpha value is -1.07. The number of nitrogens with one attached hydrogen (secondary N) is 1. The number of rotatable bonds is 8. The number of unbranched alkanes of at least 4 members (excludes halogenated alkanes) is 2. The van der Waals surface area contributed by atoms with E-state index < -0.39 is 10.0 Å². The highest BCUT2D eigenvalue weighted by Gasteiger charge is 2.16. The van der Waals surface area contributed by atoms with Crippen molar-refractivity contribution in [1.82, 2.24) is 4.72 Å². The van der Waals surface area contributed by atoms with Gasteiger partial charge in [-0.3, -0.25) is 0 Å². The van der Waals surface area contributed by atoms with Gasteiger partial charge in [-0.05, 0) is 43.1 Å². The van der Waals surface area contributed by atoms with Crippen molar-refractivity contribution in [3.05, 3.63) is 23.8 Å². The van der Waals surface area contributed by atoms with E-state index in [1.54, 1.807) is 18.2 Å². The predicted octanol–water partition coefficient (Wildman–Crippen LogP) is 3.29. The van der Waals surface area contributed by atoms with Crippen LogP contribution in [0.25, 0.3) is 0 Å². The first-order valence-corrected chi connectivity index (χ1v) is 8.61. The average Bonchev–Trinajstić information content (AvgIpc) is 2.43. The topological polar surface area (TPSA) is 55.4 Å². The zero-order valence-electron chi connectivity index (χ0n) is 12.8. The quantitative estimate of drug-likeness (QED) is 0.749. The molecule has 0 unspecified atom stereocenters. The van der Waals surface area contributed by atoms with Gasteiger partial charge in [-0.2, -0.15) is 0 Å². The highest BCUT2D eigenvalue weighted by atomic mass is 32.2. The summed E-state index contributed by atoms with van der Waals surface area (Å²) in [7, 11) is -1.99. The molecule has 1 rings (SSSR count). The Morgan fingerprint density at radius 3 is 2.50 bits per heavy atom. The van der Waals surface area contributed by atoms with Crippen LogP contribution >= 0.6 is 0 Å². The summed E-state index contributed by atoms with van der Waals surface area (Å²) in [6.45, 7) is 6.89. The molecule has 0 aliphatic carbocycles. The number of hydrogen-bond acceptors (Lipinski definition) is 3. The summed E-state index contributed by atoms with van der Waals surface area (Å²) >= 11 is 0. The molecule has 0 aliphatic rings. The van der Waals surface area contributed by atoms with Crippen molar-refractivity contribution >= 4 is 10.0 Å². The van der Waals surface area contributed by atoms with Crippen molar-refractivity contribution in [1.29, 1.82) is 0 Å². The van der Waals surface area contributed by atoms with Gasteiger partial charge in [0.05, 0.1) is 11.5 Å². The minimum atomic E-state index is -3.41. The third-order valence-electron chi connectivity index (χ3n) is 3.19. The summed E-state index contributed by atoms with van der Waals surface area (Å²) < 4.78 is 31.8. The molecule has 0 bridgehead atoms. The first-order chi connectivity index (χ1) is 9.42. The molecule has 5 heteroatoms. The van der Waals surface area contributed by atoms with Crippen LogP contribution in [0.3, 0.4) is 0 Å². The van der Waals surface area contributed by atoms with Gasteiger partial charge in [-0.25, -0.2) is 13.1 Å². The van der Waals surface area contributed by atoms with Crippen molar-refractivity contribution < 1.29 is 13.2 Å². The lowest BCUT2D eigenvalue weighted by Gasteiger charge is -2.15. The van der Waals surface area contributed by atoms with Crippen molar-refractivity contribution in [2.45, 2.75) is 50.8 Å². The van der Waals surface area contributed by atoms with Crippen LogP contribution in [0.5, 0.6) is 5.75 Å². The molecule has 0 fully saturated rings. The monoisotopic (exact) mass is 299 g/mol. The number of sulfonamides is 1. The molecule has 4 nitrogen and oxygen atoms in total. The van der Waals surface area contributed by atoms with Gasteiger partial charge in [-0.15, -0.1) is 0 Å². The van der Waals surface area contributed by atoms with Crippen molar-refractivity contribution in [3.8, 4) is 5.75 Å². The fraction of sp³-hybridized carbons (Fsp3) is 0.600. The normalized spacial score (nSPS) is 11.8. The maximum atomic E-state index is 11.8. The molecule has 1 N–H and O–H groups in total. The highest BCUT2D eigenvalue weighted by Crippen LogP contribution is 2.29. The molecule has 0 aromatic heterocycles. The van der Waals surface area contributed by atoms with E-state index in [0.29, 0.717) is 6.61 Å². The van der Waals surface area contributed by atoms with Crippen LogP contribution in [0.15, 0.2) is 23.1 Å². The largest absolute Gasteiger partial charge is 0.493 e. The van der Waals surface area contributed by atoms with Gasteiger partial charge in [0.1, 0.15) is 5.75 Å². The van der Waals surface area contributed by atoms with Gasteiger partial charge < -0.3 is 4.74 Å². The van der Waals surface area contributed by atoms with E-state index in [-0.39, 0.29) is 10.8 Å². The summed E-state index contributed by atoms with van der Waals surface area (Å²) in [6.07, 6.45) is 3.31. The van der Waals surface area contributed by atoms with Gasteiger partial charge in [0.2, 0.25) is 10.0 Å². The standard InChI is InChI=1S/C15H25NO3S/c1-5-6-7-10-19-15-9-8-13(20(17,18)16-4)11-14(15)12(2)3/h8-9,11-12,16H,5-7,10H2,1-4H3. The molecule has 0 aliphatic heterocycles. The van der Waals surface area contributed by atoms with E-state index in [2.05, 4.69) is 11.6 Å². The second-order valence-corrected chi connectivity index (χ2v) is 7.00. The highest BCUT2D eigenvalue weighted by molar-refractivity contribution is 7.89. The summed E-state index contributed by atoms with van der Waals surface area (Å²) in [5, 5.41) is 0. The Labute approximate surface area is 122 Å². The second kappa shape index (κ2) is 7.64. The van der Waals surface area contributed by atoms with Crippen LogP contribution in [0.1, 0.15) is 51.5 Å². The molecule has 0 radical (unpaired) electrons. The fourth-order valence-corrected chi connectivity index (χ4v) is 2.69. The van der Waals surface area contributed by atoms with Crippen molar-refractivity contribution in [2.75, 3.05) is 13.7 Å². The van der Waals surface area contributed by atoms with E-state index in [9.17, 15) is 8.42 Å². The lowest BCUT2D eigenvalue weighted by molar-refractivity contribution is 0.302. The Bertz CT molecular complexity index is 524. The lowest BCUT2D eigenvalue weighted by atomic mass is 10.0. The Kier molecular flexibility index (Phi) is 6.49. The van der Waals surface area contributed by atoms with Gasteiger partial charge >= 0.3 is 0 Å². The smallest absolute Gasteiger partial charge is 0.240 e. The number of ether oxygens (including phenoxy) is 1. The maximum absolute atomic E-state index is 11.8. The number of benzene rings is 1. The molecule has 0 amide bonds. The first-order valence-electron chi connectivity index (χ1n) is 7.12. The molecule has 0 spiro atoms. The Morgan fingerprint density at radius 1 is 1.25 bits per heavy atom. The zero-order chi connectivity index (χ0) is 15.2. The van der Waals surface area contributed by atoms with Crippen LogP contribution < -0.4 is 9.46 Å². The molecular formula is C15H25NO3S. The summed E-state index contributed by atoms with van der Waals surface area (Å²) in [6, 6.07) is 5.05. The minimum absolute atomic E-state index is 0.211. The van der Waals surface area contributed by atoms with E-state index in [1.807, 2.05) is 13.8 Å². The molecule has 20 heavy (non-hydrogen) atoms. The van der Waals surface area contributed by atoms with E-state index in [4.69, 9.17) is 4.74 Å². The lowest BCUT2D eigenvalue weighted by Crippen LogP contribution is -2.19. The zero-order valence-corrected chi connectivity index (χ0v) is 13.6. The van der Waals surface area contributed by atoms with Gasteiger partial charge in [0, 0.05) is 0 Å². The second-order valence-electron chi connectivity index (χ2n) is 5.12. The molecule has 0 atom stereocenters. The predicted molar refractivity (Wildman–Crippen MR) is 81.8 cm³/mol. The minimum Gasteiger partial charge on any atom is -0.493 e. The van der Waals surface area contributed by atoms with Crippen molar-refractivity contribution in [2.24, 2.45) is 0 Å². The van der Waals surface area contributed by atoms with Gasteiger partial charge in [0.15, 0.2) is 0 Å². The SMILES string of the molecule is CCCCCOc1ccc(S(=O)(=O)NC)cc1C(C)C. The maximum Gasteiger partial charge on any atom is 0.240 e. The Morgan fingerprint density at radius 2 is 1.95 bits per heavy atom.